The number of piperazine rings is 1. The zero-order valence-electron chi connectivity index (χ0n) is 16.0. The van der Waals surface area contributed by atoms with Crippen LogP contribution in [0.1, 0.15) is 29.6 Å². The minimum atomic E-state index is -0.513. The standard InChI is InChI=1S/C20H29ClFN3O2/c1-23-9-11-24(12-10-23)7-2-8-25(17-5-13-27-14-6-17)20(26)18-15-16(21)3-4-19(18)22/h3-4,15,17H,2,5-14H2,1H3. The van der Waals surface area contributed by atoms with Crippen LogP contribution in [0.4, 0.5) is 4.39 Å². The van der Waals surface area contributed by atoms with Crippen molar-refractivity contribution in [2.45, 2.75) is 25.3 Å². The van der Waals surface area contributed by atoms with E-state index < -0.39 is 5.82 Å². The number of hydrogen-bond acceptors (Lipinski definition) is 4. The molecular weight excluding hydrogens is 369 g/mol. The van der Waals surface area contributed by atoms with Crippen LogP contribution >= 0.6 is 11.6 Å². The van der Waals surface area contributed by atoms with Gasteiger partial charge in [0.2, 0.25) is 0 Å². The van der Waals surface area contributed by atoms with E-state index in [0.29, 0.717) is 24.8 Å². The first kappa shape index (κ1) is 20.5. The van der Waals surface area contributed by atoms with Crippen LogP contribution in [0.5, 0.6) is 0 Å². The zero-order valence-corrected chi connectivity index (χ0v) is 16.8. The average molecular weight is 398 g/mol. The summed E-state index contributed by atoms with van der Waals surface area (Å²) >= 11 is 6.00. The first-order chi connectivity index (χ1) is 13.0. The minimum Gasteiger partial charge on any atom is -0.381 e. The fourth-order valence-electron chi connectivity index (χ4n) is 3.80. The van der Waals surface area contributed by atoms with E-state index in [4.69, 9.17) is 16.3 Å². The van der Waals surface area contributed by atoms with Crippen molar-refractivity contribution < 1.29 is 13.9 Å². The van der Waals surface area contributed by atoms with E-state index in [0.717, 1.165) is 52.0 Å². The molecule has 0 N–H and O–H groups in total. The van der Waals surface area contributed by atoms with Crippen molar-refractivity contribution in [3.63, 3.8) is 0 Å². The summed E-state index contributed by atoms with van der Waals surface area (Å²) in [7, 11) is 2.14. The van der Waals surface area contributed by atoms with Gasteiger partial charge >= 0.3 is 0 Å². The van der Waals surface area contributed by atoms with Crippen LogP contribution in [0.15, 0.2) is 18.2 Å². The number of rotatable bonds is 6. The molecule has 3 rings (SSSR count). The Hall–Kier alpha value is -1.21. The van der Waals surface area contributed by atoms with E-state index in [1.54, 1.807) is 0 Å². The molecule has 0 saturated carbocycles. The number of ether oxygens (including phenoxy) is 1. The monoisotopic (exact) mass is 397 g/mol. The van der Waals surface area contributed by atoms with Gasteiger partial charge in [-0.1, -0.05) is 11.6 Å². The van der Waals surface area contributed by atoms with E-state index in [1.807, 2.05) is 4.90 Å². The summed E-state index contributed by atoms with van der Waals surface area (Å²) in [5.41, 5.74) is 0.0635. The third-order valence-electron chi connectivity index (χ3n) is 5.52. The number of hydrogen-bond donors (Lipinski definition) is 0. The molecule has 7 heteroatoms. The molecule has 0 aliphatic carbocycles. The molecule has 0 bridgehead atoms. The number of carbonyl (C=O) groups excluding carboxylic acids is 1. The zero-order chi connectivity index (χ0) is 19.2. The molecule has 2 fully saturated rings. The van der Waals surface area contributed by atoms with Gasteiger partial charge in [-0.15, -0.1) is 0 Å². The molecule has 2 aliphatic heterocycles. The molecule has 2 aliphatic rings. The van der Waals surface area contributed by atoms with Gasteiger partial charge in [0.25, 0.3) is 5.91 Å². The van der Waals surface area contributed by atoms with Crippen LogP contribution in [0.2, 0.25) is 5.02 Å². The van der Waals surface area contributed by atoms with Gasteiger partial charge in [-0.2, -0.15) is 0 Å². The maximum absolute atomic E-state index is 14.3. The maximum atomic E-state index is 14.3. The summed E-state index contributed by atoms with van der Waals surface area (Å²) in [5.74, 6) is -0.777. The lowest BCUT2D eigenvalue weighted by Gasteiger charge is -2.36. The van der Waals surface area contributed by atoms with E-state index in [1.165, 1.54) is 18.2 Å². The Morgan fingerprint density at radius 3 is 2.67 bits per heavy atom. The second kappa shape index (κ2) is 9.82. The SMILES string of the molecule is CN1CCN(CCCN(C(=O)c2cc(Cl)ccc2F)C2CCOCC2)CC1. The molecule has 1 amide bonds. The first-order valence-corrected chi connectivity index (χ1v) is 10.2. The molecule has 0 atom stereocenters. The Morgan fingerprint density at radius 2 is 1.96 bits per heavy atom. The van der Waals surface area contributed by atoms with Crippen LogP contribution in [-0.4, -0.2) is 86.2 Å². The summed E-state index contributed by atoms with van der Waals surface area (Å²) in [6, 6.07) is 4.27. The van der Waals surface area contributed by atoms with E-state index in [9.17, 15) is 9.18 Å². The largest absolute Gasteiger partial charge is 0.381 e. The van der Waals surface area contributed by atoms with Gasteiger partial charge in [-0.3, -0.25) is 4.79 Å². The maximum Gasteiger partial charge on any atom is 0.257 e. The van der Waals surface area contributed by atoms with Crippen LogP contribution in [0, 0.1) is 5.82 Å². The molecule has 1 aromatic carbocycles. The molecule has 150 valence electrons. The van der Waals surface area contributed by atoms with Crippen molar-refractivity contribution in [1.29, 1.82) is 0 Å². The van der Waals surface area contributed by atoms with E-state index in [2.05, 4.69) is 16.8 Å². The Kier molecular flexibility index (Phi) is 7.47. The lowest BCUT2D eigenvalue weighted by Crippen LogP contribution is -2.47. The lowest BCUT2D eigenvalue weighted by atomic mass is 10.0. The quantitative estimate of drug-likeness (QED) is 0.739. The third-order valence-corrected chi connectivity index (χ3v) is 5.76. The van der Waals surface area contributed by atoms with Crippen molar-refractivity contribution in [2.75, 3.05) is 59.5 Å². The highest BCUT2D eigenvalue weighted by Crippen LogP contribution is 2.22. The fraction of sp³-hybridized carbons (Fsp3) is 0.650. The minimum absolute atomic E-state index is 0.0635. The molecule has 2 heterocycles. The van der Waals surface area contributed by atoms with Crippen molar-refractivity contribution >= 4 is 17.5 Å². The fourth-order valence-corrected chi connectivity index (χ4v) is 3.97. The van der Waals surface area contributed by atoms with Crippen molar-refractivity contribution in [3.05, 3.63) is 34.6 Å². The summed E-state index contributed by atoms with van der Waals surface area (Å²) < 4.78 is 19.7. The van der Waals surface area contributed by atoms with Gasteiger partial charge in [-0.25, -0.2) is 4.39 Å². The van der Waals surface area contributed by atoms with Gasteiger partial charge < -0.3 is 19.4 Å². The molecule has 0 aromatic heterocycles. The topological polar surface area (TPSA) is 36.0 Å². The number of benzene rings is 1. The Labute approximate surface area is 166 Å². The normalized spacial score (nSPS) is 20.0. The van der Waals surface area contributed by atoms with Crippen LogP contribution < -0.4 is 0 Å². The Bertz CT molecular complexity index is 632. The lowest BCUT2D eigenvalue weighted by molar-refractivity contribution is 0.0273. The summed E-state index contributed by atoms with van der Waals surface area (Å²) in [5, 5.41) is 0.379. The number of carbonyl (C=O) groups is 1. The highest BCUT2D eigenvalue weighted by molar-refractivity contribution is 6.31. The number of nitrogens with zero attached hydrogens (tertiary/aromatic N) is 3. The van der Waals surface area contributed by atoms with Crippen molar-refractivity contribution in [1.82, 2.24) is 14.7 Å². The predicted molar refractivity (Wildman–Crippen MR) is 105 cm³/mol. The molecule has 0 unspecified atom stereocenters. The van der Waals surface area contributed by atoms with Gasteiger partial charge in [0, 0.05) is 57.0 Å². The Morgan fingerprint density at radius 1 is 1.26 bits per heavy atom. The smallest absolute Gasteiger partial charge is 0.257 e. The molecule has 5 nitrogen and oxygen atoms in total. The number of amides is 1. The predicted octanol–water partition coefficient (Wildman–Crippen LogP) is 2.74. The van der Waals surface area contributed by atoms with E-state index >= 15 is 0 Å². The molecular formula is C20H29ClFN3O2. The highest BCUT2D eigenvalue weighted by Gasteiger charge is 2.28. The molecule has 0 spiro atoms. The number of likely N-dealkylation sites (N-methyl/N-ethyl adjacent to an activating group) is 1. The average Bonchev–Trinajstić information content (AvgIpc) is 2.69. The second-order valence-corrected chi connectivity index (χ2v) is 7.90. The van der Waals surface area contributed by atoms with Gasteiger partial charge in [0.15, 0.2) is 0 Å². The van der Waals surface area contributed by atoms with Gasteiger partial charge in [-0.05, 0) is 51.1 Å². The summed E-state index contributed by atoms with van der Waals surface area (Å²) in [6.45, 7) is 7.15. The molecule has 0 radical (unpaired) electrons. The highest BCUT2D eigenvalue weighted by atomic mass is 35.5. The van der Waals surface area contributed by atoms with Gasteiger partial charge in [0.1, 0.15) is 5.82 Å². The molecule has 2 saturated heterocycles. The number of halogens is 2. The third kappa shape index (κ3) is 5.64. The summed E-state index contributed by atoms with van der Waals surface area (Å²) in [6.07, 6.45) is 2.47. The van der Waals surface area contributed by atoms with Crippen molar-refractivity contribution in [3.8, 4) is 0 Å². The molecule has 27 heavy (non-hydrogen) atoms. The summed E-state index contributed by atoms with van der Waals surface area (Å²) in [4.78, 5) is 19.7. The van der Waals surface area contributed by atoms with Gasteiger partial charge in [0.05, 0.1) is 5.56 Å². The first-order valence-electron chi connectivity index (χ1n) is 9.79. The van der Waals surface area contributed by atoms with Crippen molar-refractivity contribution in [2.24, 2.45) is 0 Å². The Balaban J connectivity index is 1.65. The van der Waals surface area contributed by atoms with Crippen LogP contribution in [0.25, 0.3) is 0 Å². The molecule has 1 aromatic rings. The van der Waals surface area contributed by atoms with Crippen LogP contribution in [0.3, 0.4) is 0 Å². The van der Waals surface area contributed by atoms with Crippen LogP contribution in [-0.2, 0) is 4.74 Å². The van der Waals surface area contributed by atoms with E-state index in [-0.39, 0.29) is 17.5 Å². The second-order valence-electron chi connectivity index (χ2n) is 7.46.